The lowest BCUT2D eigenvalue weighted by Crippen LogP contribution is -2.30. The van der Waals surface area contributed by atoms with Gasteiger partial charge in [-0.15, -0.1) is 0 Å². The molecule has 182 valence electrons. The molecule has 2 aromatic carbocycles. The summed E-state index contributed by atoms with van der Waals surface area (Å²) in [6.45, 7) is 1.38. The number of amides is 1. The van der Waals surface area contributed by atoms with Crippen LogP contribution in [0.15, 0.2) is 42.6 Å². The van der Waals surface area contributed by atoms with Gasteiger partial charge in [-0.2, -0.15) is 13.2 Å². The average Bonchev–Trinajstić information content (AvgIpc) is 3.09. The highest BCUT2D eigenvalue weighted by Gasteiger charge is 2.30. The van der Waals surface area contributed by atoms with Gasteiger partial charge in [0.15, 0.2) is 0 Å². The standard InChI is InChI=1S/C25H27F3N2O4/c1-15(12-25(26,27)28)13-29-23(31)17-8-9-21-20(10-17)19(14-30(21)2)7-5-16-4-6-18(24(32)33)11-22(16)34-3/h4,6,8-11,14-15H,5,7,12-13H2,1-3H3,(H,29,31)(H,32,33)/t15-/m1/s1. The van der Waals surface area contributed by atoms with Crippen molar-refractivity contribution in [2.45, 2.75) is 32.4 Å². The number of carboxylic acids is 1. The second-order valence-electron chi connectivity index (χ2n) is 8.46. The van der Waals surface area contributed by atoms with Gasteiger partial charge in [-0.25, -0.2) is 4.79 Å². The van der Waals surface area contributed by atoms with Crippen LogP contribution in [-0.4, -0.2) is 41.4 Å². The van der Waals surface area contributed by atoms with Crippen LogP contribution in [0.4, 0.5) is 13.2 Å². The molecule has 0 bridgehead atoms. The van der Waals surface area contributed by atoms with Crippen molar-refractivity contribution in [2.75, 3.05) is 13.7 Å². The van der Waals surface area contributed by atoms with Crippen molar-refractivity contribution >= 4 is 22.8 Å². The summed E-state index contributed by atoms with van der Waals surface area (Å²) in [6, 6.07) is 9.97. The molecule has 0 saturated heterocycles. The summed E-state index contributed by atoms with van der Waals surface area (Å²) in [6.07, 6.45) is -2.04. The summed E-state index contributed by atoms with van der Waals surface area (Å²) in [5.41, 5.74) is 3.29. The molecule has 0 aliphatic rings. The van der Waals surface area contributed by atoms with Crippen LogP contribution in [0.25, 0.3) is 10.9 Å². The van der Waals surface area contributed by atoms with E-state index in [1.807, 2.05) is 23.9 Å². The van der Waals surface area contributed by atoms with Gasteiger partial charge in [0.05, 0.1) is 12.7 Å². The number of fused-ring (bicyclic) bond motifs is 1. The molecular formula is C25H27F3N2O4. The van der Waals surface area contributed by atoms with Crippen LogP contribution in [-0.2, 0) is 19.9 Å². The first kappa shape index (κ1) is 25.1. The number of ether oxygens (including phenoxy) is 1. The second-order valence-corrected chi connectivity index (χ2v) is 8.46. The van der Waals surface area contributed by atoms with Crippen molar-refractivity contribution in [1.29, 1.82) is 0 Å². The quantitative estimate of drug-likeness (QED) is 0.456. The molecule has 0 saturated carbocycles. The average molecular weight is 476 g/mol. The number of carboxylic acid groups (broad SMARTS) is 1. The monoisotopic (exact) mass is 476 g/mol. The third-order valence-corrected chi connectivity index (χ3v) is 5.72. The Morgan fingerprint density at radius 1 is 1.09 bits per heavy atom. The Morgan fingerprint density at radius 2 is 1.76 bits per heavy atom. The molecule has 1 aromatic heterocycles. The summed E-state index contributed by atoms with van der Waals surface area (Å²) in [7, 11) is 3.38. The first-order valence-corrected chi connectivity index (χ1v) is 10.8. The highest BCUT2D eigenvalue weighted by atomic mass is 19.4. The Bertz CT molecular complexity index is 1200. The number of benzene rings is 2. The van der Waals surface area contributed by atoms with Crippen LogP contribution < -0.4 is 10.1 Å². The minimum absolute atomic E-state index is 0.0653. The minimum Gasteiger partial charge on any atom is -0.496 e. The number of rotatable bonds is 9. The third-order valence-electron chi connectivity index (χ3n) is 5.72. The molecule has 0 aliphatic carbocycles. The molecule has 0 aliphatic heterocycles. The van der Waals surface area contributed by atoms with Gasteiger partial charge in [-0.05, 0) is 60.2 Å². The maximum atomic E-state index is 12.6. The van der Waals surface area contributed by atoms with Crippen molar-refractivity contribution in [1.82, 2.24) is 9.88 Å². The van der Waals surface area contributed by atoms with E-state index < -0.39 is 30.4 Å². The predicted molar refractivity (Wildman–Crippen MR) is 122 cm³/mol. The highest BCUT2D eigenvalue weighted by Crippen LogP contribution is 2.27. The first-order chi connectivity index (χ1) is 16.0. The summed E-state index contributed by atoms with van der Waals surface area (Å²) in [4.78, 5) is 23.8. The van der Waals surface area contributed by atoms with E-state index in [9.17, 15) is 27.9 Å². The molecule has 0 radical (unpaired) electrons. The van der Waals surface area contributed by atoms with Crippen molar-refractivity contribution in [2.24, 2.45) is 13.0 Å². The molecule has 3 aromatic rings. The van der Waals surface area contributed by atoms with Crippen molar-refractivity contribution in [3.8, 4) is 5.75 Å². The van der Waals surface area contributed by atoms with Crippen LogP contribution in [0.2, 0.25) is 0 Å². The lowest BCUT2D eigenvalue weighted by molar-refractivity contribution is -0.142. The molecule has 1 heterocycles. The smallest absolute Gasteiger partial charge is 0.389 e. The van der Waals surface area contributed by atoms with Crippen molar-refractivity contribution in [3.05, 3.63) is 64.8 Å². The summed E-state index contributed by atoms with van der Waals surface area (Å²) >= 11 is 0. The van der Waals surface area contributed by atoms with E-state index in [0.29, 0.717) is 24.2 Å². The molecule has 3 rings (SSSR count). The van der Waals surface area contributed by atoms with Gasteiger partial charge < -0.3 is 19.7 Å². The molecular weight excluding hydrogens is 449 g/mol. The fourth-order valence-corrected chi connectivity index (χ4v) is 4.00. The van der Waals surface area contributed by atoms with Crippen LogP contribution in [0, 0.1) is 5.92 Å². The Labute approximate surface area is 195 Å². The number of halogens is 3. The van der Waals surface area contributed by atoms with E-state index in [1.54, 1.807) is 18.2 Å². The van der Waals surface area contributed by atoms with Crippen LogP contribution in [0.3, 0.4) is 0 Å². The number of hydrogen-bond acceptors (Lipinski definition) is 3. The van der Waals surface area contributed by atoms with Gasteiger partial charge >= 0.3 is 12.1 Å². The first-order valence-electron chi connectivity index (χ1n) is 10.8. The summed E-state index contributed by atoms with van der Waals surface area (Å²) in [5.74, 6) is -1.68. The summed E-state index contributed by atoms with van der Waals surface area (Å²) < 4.78 is 44.9. The van der Waals surface area contributed by atoms with Crippen molar-refractivity contribution < 1.29 is 32.6 Å². The number of alkyl halides is 3. The Kier molecular flexibility index (Phi) is 7.54. The maximum Gasteiger partial charge on any atom is 0.389 e. The number of nitrogens with zero attached hydrogens (tertiary/aromatic N) is 1. The number of nitrogens with one attached hydrogen (secondary N) is 1. The molecule has 0 fully saturated rings. The minimum atomic E-state index is -4.27. The van der Waals surface area contributed by atoms with E-state index in [-0.39, 0.29) is 12.1 Å². The number of methoxy groups -OCH3 is 1. The lowest BCUT2D eigenvalue weighted by atomic mass is 10.0. The Morgan fingerprint density at radius 3 is 2.41 bits per heavy atom. The molecule has 6 nitrogen and oxygen atoms in total. The Hall–Kier alpha value is -3.49. The number of hydrogen-bond donors (Lipinski definition) is 2. The molecule has 0 unspecified atom stereocenters. The van der Waals surface area contributed by atoms with E-state index in [1.165, 1.54) is 26.2 Å². The van der Waals surface area contributed by atoms with Gasteiger partial charge in [0.1, 0.15) is 5.75 Å². The van der Waals surface area contributed by atoms with E-state index in [2.05, 4.69) is 5.32 Å². The topological polar surface area (TPSA) is 80.6 Å². The molecule has 34 heavy (non-hydrogen) atoms. The number of carbonyl (C=O) groups excluding carboxylic acids is 1. The SMILES string of the molecule is COc1cc(C(=O)O)ccc1CCc1cn(C)c2ccc(C(=O)NC[C@H](C)CC(F)(F)F)cc12. The van der Waals surface area contributed by atoms with Crippen molar-refractivity contribution in [3.63, 3.8) is 0 Å². The second kappa shape index (κ2) is 10.2. The molecule has 9 heteroatoms. The fourth-order valence-electron chi connectivity index (χ4n) is 4.00. The number of aryl methyl sites for hydroxylation is 3. The predicted octanol–water partition coefficient (Wildman–Crippen LogP) is 4.99. The van der Waals surface area contributed by atoms with Gasteiger partial charge in [0.2, 0.25) is 0 Å². The van der Waals surface area contributed by atoms with Crippen LogP contribution in [0.1, 0.15) is 45.2 Å². The molecule has 0 spiro atoms. The number of aromatic carboxylic acids is 1. The normalized spacial score (nSPS) is 12.5. The van der Waals surface area contributed by atoms with E-state index >= 15 is 0 Å². The van der Waals surface area contributed by atoms with Gasteiger partial charge in [0, 0.05) is 42.7 Å². The Balaban J connectivity index is 1.76. The van der Waals surface area contributed by atoms with Gasteiger partial charge in [-0.1, -0.05) is 13.0 Å². The maximum absolute atomic E-state index is 12.6. The third kappa shape index (κ3) is 6.09. The zero-order valence-corrected chi connectivity index (χ0v) is 19.2. The molecule has 1 atom stereocenters. The van der Waals surface area contributed by atoms with Crippen LogP contribution in [0.5, 0.6) is 5.75 Å². The lowest BCUT2D eigenvalue weighted by Gasteiger charge is -2.14. The fraction of sp³-hybridized carbons (Fsp3) is 0.360. The largest absolute Gasteiger partial charge is 0.496 e. The van der Waals surface area contributed by atoms with Crippen LogP contribution >= 0.6 is 0 Å². The van der Waals surface area contributed by atoms with Gasteiger partial charge in [-0.3, -0.25) is 4.79 Å². The zero-order valence-electron chi connectivity index (χ0n) is 19.2. The van der Waals surface area contributed by atoms with E-state index in [4.69, 9.17) is 4.74 Å². The number of aromatic nitrogens is 1. The molecule has 2 N–H and O–H groups in total. The summed E-state index contributed by atoms with van der Waals surface area (Å²) in [5, 5.41) is 12.6. The molecule has 1 amide bonds. The van der Waals surface area contributed by atoms with Gasteiger partial charge in [0.25, 0.3) is 5.91 Å². The van der Waals surface area contributed by atoms with E-state index in [0.717, 1.165) is 22.0 Å². The zero-order chi connectivity index (χ0) is 25.0. The number of carbonyl (C=O) groups is 2. The highest BCUT2D eigenvalue weighted by molar-refractivity contribution is 5.99.